The molecule has 4 nitrogen and oxygen atoms in total. The molecular formula is C84H88N4. The lowest BCUT2D eigenvalue weighted by Gasteiger charge is -2.23. The van der Waals surface area contributed by atoms with Crippen molar-refractivity contribution in [2.24, 2.45) is 0 Å². The van der Waals surface area contributed by atoms with Crippen molar-refractivity contribution in [3.63, 3.8) is 0 Å². The van der Waals surface area contributed by atoms with Gasteiger partial charge in [0.15, 0.2) is 0 Å². The molecule has 88 heavy (non-hydrogen) atoms. The first-order valence-electron chi connectivity index (χ1n) is 32.5. The zero-order valence-electron chi connectivity index (χ0n) is 55.2. The van der Waals surface area contributed by atoms with Gasteiger partial charge in [0.2, 0.25) is 0 Å². The standard InChI is InChI=1S/2C42H44N2/c1-25-19-29(41(5,6)7)20-26(2)39(25)43-35-17-13-11-15-31(35)33-24-38-34(23-37(33)43)32-16-12-14-18-36(32)44(38)40-27(3)21-30(22-28(40)4)42(8,9)10;1-7-9-15-31-21-27(3)41(28(4)22-31)43-37-19-13-11-17-33(37)35-26-40-36(25-39(35)43)34-18-12-14-20-38(34)44(40)42-29(5)23-32(16-10-8-2)24-30(42)6/h11-24H,1-10H3;11-14,17-26H,7-10,15-16H2,1-6H3. The highest BCUT2D eigenvalue weighted by Gasteiger charge is 2.26. The second-order valence-corrected chi connectivity index (χ2v) is 28.0. The minimum absolute atomic E-state index is 0.101. The zero-order valence-corrected chi connectivity index (χ0v) is 55.2. The Kier molecular flexibility index (Phi) is 14.7. The summed E-state index contributed by atoms with van der Waals surface area (Å²) in [5.41, 5.74) is 31.8. The van der Waals surface area contributed by atoms with E-state index in [1.54, 1.807) is 0 Å². The second kappa shape index (κ2) is 22.2. The molecule has 4 heterocycles. The van der Waals surface area contributed by atoms with E-state index in [-0.39, 0.29) is 10.8 Å². The summed E-state index contributed by atoms with van der Waals surface area (Å²) < 4.78 is 10.1. The van der Waals surface area contributed by atoms with Gasteiger partial charge < -0.3 is 18.3 Å². The van der Waals surface area contributed by atoms with Crippen molar-refractivity contribution in [3.05, 3.63) is 237 Å². The number of aryl methyl sites for hydroxylation is 10. The first-order valence-corrected chi connectivity index (χ1v) is 32.5. The molecule has 0 fully saturated rings. The third kappa shape index (κ3) is 9.74. The van der Waals surface area contributed by atoms with E-state index in [1.807, 2.05) is 0 Å². The van der Waals surface area contributed by atoms with Crippen molar-refractivity contribution in [2.75, 3.05) is 0 Å². The average Bonchev–Trinajstić information content (AvgIpc) is 1.60. The van der Waals surface area contributed by atoms with Gasteiger partial charge in [-0.1, -0.05) is 190 Å². The van der Waals surface area contributed by atoms with Gasteiger partial charge in [-0.3, -0.25) is 0 Å². The Morgan fingerprint density at radius 2 is 0.477 bits per heavy atom. The molecule has 0 aliphatic heterocycles. The largest absolute Gasteiger partial charge is 0.309 e. The van der Waals surface area contributed by atoms with Crippen LogP contribution in [0.1, 0.15) is 148 Å². The summed E-state index contributed by atoms with van der Waals surface area (Å²) in [5, 5.41) is 10.4. The SMILES string of the molecule is CCCCc1cc(C)c(-n2c3ccccc3c3cc4c(cc32)c2ccccc2n4-c2c(C)cc(CCCC)cc2C)c(C)c1.Cc1cc(C(C)(C)C)cc(C)c1-n1c2ccccc2c2cc3c(cc21)c1ccccc1n3-c1c(C)cc(C(C)(C)C)cc1C. The summed E-state index contributed by atoms with van der Waals surface area (Å²) in [6.45, 7) is 36.6. The lowest BCUT2D eigenvalue weighted by atomic mass is 9.84. The number of rotatable bonds is 10. The number of hydrogen-bond acceptors (Lipinski definition) is 0. The van der Waals surface area contributed by atoms with Gasteiger partial charge in [0.1, 0.15) is 0 Å². The van der Waals surface area contributed by atoms with Gasteiger partial charge in [-0.15, -0.1) is 0 Å². The van der Waals surface area contributed by atoms with Gasteiger partial charge in [0.25, 0.3) is 0 Å². The molecule has 0 N–H and O–H groups in total. The van der Waals surface area contributed by atoms with E-state index in [4.69, 9.17) is 0 Å². The Bertz CT molecular complexity index is 4690. The van der Waals surface area contributed by atoms with Crippen molar-refractivity contribution in [3.8, 4) is 22.7 Å². The highest BCUT2D eigenvalue weighted by atomic mass is 15.0. The summed E-state index contributed by atoms with van der Waals surface area (Å²) in [7, 11) is 0. The van der Waals surface area contributed by atoms with Crippen LogP contribution in [0.25, 0.3) is 110 Å². The second-order valence-electron chi connectivity index (χ2n) is 28.0. The van der Waals surface area contributed by atoms with Crippen LogP contribution in [-0.4, -0.2) is 18.3 Å². The van der Waals surface area contributed by atoms with Crippen molar-refractivity contribution in [1.29, 1.82) is 0 Å². The molecular weight excluding hydrogens is 1060 g/mol. The molecule has 0 saturated heterocycles. The first kappa shape index (κ1) is 58.4. The van der Waals surface area contributed by atoms with Gasteiger partial charge in [-0.25, -0.2) is 0 Å². The zero-order chi connectivity index (χ0) is 61.8. The van der Waals surface area contributed by atoms with Crippen molar-refractivity contribution in [2.45, 2.75) is 160 Å². The van der Waals surface area contributed by atoms with Gasteiger partial charge in [0.05, 0.1) is 66.9 Å². The minimum atomic E-state index is 0.101. The maximum Gasteiger partial charge on any atom is 0.0549 e. The Balaban J connectivity index is 0.000000162. The van der Waals surface area contributed by atoms with Crippen LogP contribution in [0.3, 0.4) is 0 Å². The van der Waals surface area contributed by atoms with Crippen LogP contribution in [0.2, 0.25) is 0 Å². The maximum absolute atomic E-state index is 2.53. The predicted octanol–water partition coefficient (Wildman–Crippen LogP) is 23.5. The molecule has 10 aromatic carbocycles. The molecule has 0 saturated carbocycles. The fourth-order valence-corrected chi connectivity index (χ4v) is 15.2. The number of unbranched alkanes of at least 4 members (excludes halogenated alkanes) is 2. The Morgan fingerprint density at radius 3 is 0.693 bits per heavy atom. The summed E-state index contributed by atoms with van der Waals surface area (Å²) in [6, 6.07) is 64.8. The number of aromatic nitrogens is 4. The molecule has 4 aromatic heterocycles. The average molecular weight is 1150 g/mol. The van der Waals surface area contributed by atoms with Crippen molar-refractivity contribution < 1.29 is 0 Å². The smallest absolute Gasteiger partial charge is 0.0549 e. The summed E-state index contributed by atoms with van der Waals surface area (Å²) in [4.78, 5) is 0. The van der Waals surface area contributed by atoms with Crippen LogP contribution in [-0.2, 0) is 23.7 Å². The van der Waals surface area contributed by atoms with E-state index in [0.717, 1.165) is 12.8 Å². The fraction of sp³-hybridized carbons (Fsp3) is 0.286. The van der Waals surface area contributed by atoms with Crippen LogP contribution >= 0.6 is 0 Å². The molecule has 0 amide bonds. The molecule has 14 rings (SSSR count). The molecule has 0 radical (unpaired) electrons. The first-order chi connectivity index (χ1) is 42.2. The number of hydrogen-bond donors (Lipinski definition) is 0. The van der Waals surface area contributed by atoms with Crippen molar-refractivity contribution in [1.82, 2.24) is 18.3 Å². The summed E-state index contributed by atoms with van der Waals surface area (Å²) in [6.07, 6.45) is 7.19. The number of benzene rings is 10. The Hall–Kier alpha value is -8.60. The van der Waals surface area contributed by atoms with Crippen LogP contribution in [0.15, 0.2) is 170 Å². The van der Waals surface area contributed by atoms with Gasteiger partial charge in [-0.2, -0.15) is 0 Å². The predicted molar refractivity (Wildman–Crippen MR) is 383 cm³/mol. The monoisotopic (exact) mass is 1150 g/mol. The molecule has 0 aliphatic rings. The van der Waals surface area contributed by atoms with Crippen LogP contribution < -0.4 is 0 Å². The lowest BCUT2D eigenvalue weighted by molar-refractivity contribution is 0.588. The van der Waals surface area contributed by atoms with Gasteiger partial charge >= 0.3 is 0 Å². The lowest BCUT2D eigenvalue weighted by Crippen LogP contribution is -2.13. The third-order valence-corrected chi connectivity index (χ3v) is 19.3. The molecule has 0 unspecified atom stereocenters. The molecule has 14 aromatic rings. The molecule has 0 atom stereocenters. The molecule has 0 aliphatic carbocycles. The number of nitrogens with zero attached hydrogens (tertiary/aromatic N) is 4. The van der Waals surface area contributed by atoms with E-state index in [0.29, 0.717) is 0 Å². The highest BCUT2D eigenvalue weighted by Crippen LogP contribution is 2.45. The normalized spacial score (nSPS) is 12.4. The minimum Gasteiger partial charge on any atom is -0.309 e. The molecule has 0 bridgehead atoms. The molecule has 4 heteroatoms. The fourth-order valence-electron chi connectivity index (χ4n) is 15.2. The van der Waals surface area contributed by atoms with E-state index in [9.17, 15) is 0 Å². The van der Waals surface area contributed by atoms with E-state index >= 15 is 0 Å². The number of para-hydroxylation sites is 4. The summed E-state index contributed by atoms with van der Waals surface area (Å²) >= 11 is 0. The van der Waals surface area contributed by atoms with Crippen molar-refractivity contribution >= 4 is 87.2 Å². The topological polar surface area (TPSA) is 19.7 Å². The van der Waals surface area contributed by atoms with Crippen LogP contribution in [0.5, 0.6) is 0 Å². The quantitative estimate of drug-likeness (QED) is 0.130. The van der Waals surface area contributed by atoms with Gasteiger partial charge in [0, 0.05) is 43.1 Å². The van der Waals surface area contributed by atoms with Gasteiger partial charge in [-0.05, 0) is 207 Å². The van der Waals surface area contributed by atoms with E-state index < -0.39 is 0 Å². The van der Waals surface area contributed by atoms with E-state index in [1.165, 1.54) is 202 Å². The third-order valence-electron chi connectivity index (χ3n) is 19.3. The Morgan fingerprint density at radius 1 is 0.261 bits per heavy atom. The maximum atomic E-state index is 2.53. The van der Waals surface area contributed by atoms with Crippen LogP contribution in [0.4, 0.5) is 0 Å². The number of fused-ring (bicyclic) bond motifs is 12. The highest BCUT2D eigenvalue weighted by molar-refractivity contribution is 6.21. The molecule has 0 spiro atoms. The van der Waals surface area contributed by atoms with Crippen LogP contribution in [0, 0.1) is 55.4 Å². The van der Waals surface area contributed by atoms with E-state index in [2.05, 4.69) is 299 Å². The summed E-state index contributed by atoms with van der Waals surface area (Å²) in [5.74, 6) is 0. The molecule has 444 valence electrons. The Labute approximate surface area is 522 Å².